The minimum atomic E-state index is -3.63. The average molecular weight is 504 g/mol. The zero-order chi connectivity index (χ0) is 25.2. The van der Waals surface area contributed by atoms with Crippen molar-refractivity contribution in [2.45, 2.75) is 50.6 Å². The van der Waals surface area contributed by atoms with Gasteiger partial charge in [-0.3, -0.25) is 4.79 Å². The van der Waals surface area contributed by atoms with E-state index in [-0.39, 0.29) is 18.5 Å². The number of anilines is 1. The van der Waals surface area contributed by atoms with Gasteiger partial charge in [-0.25, -0.2) is 12.8 Å². The normalized spacial score (nSPS) is 23.8. The number of piperazine rings is 1. The maximum atomic E-state index is 15.2. The summed E-state index contributed by atoms with van der Waals surface area (Å²) in [5.74, 6) is -0.461. The van der Waals surface area contributed by atoms with Gasteiger partial charge in [-0.05, 0) is 44.4 Å². The highest BCUT2D eigenvalue weighted by atomic mass is 32.2. The van der Waals surface area contributed by atoms with Crippen molar-refractivity contribution in [3.63, 3.8) is 0 Å². The fourth-order valence-corrected chi connectivity index (χ4v) is 7.11. The summed E-state index contributed by atoms with van der Waals surface area (Å²) in [6.07, 6.45) is 0.805. The van der Waals surface area contributed by atoms with Gasteiger partial charge in [-0.1, -0.05) is 36.4 Å². The molecule has 2 saturated heterocycles. The second-order valence-electron chi connectivity index (χ2n) is 9.38. The Hall–Kier alpha value is -2.49. The molecule has 9 heteroatoms. The Balaban J connectivity index is 1.46. The predicted molar refractivity (Wildman–Crippen MR) is 134 cm³/mol. The monoisotopic (exact) mass is 503 g/mol. The highest BCUT2D eigenvalue weighted by Gasteiger charge is 2.40. The van der Waals surface area contributed by atoms with Gasteiger partial charge in [0.25, 0.3) is 5.91 Å². The number of sulfonamides is 1. The molecule has 0 N–H and O–H groups in total. The van der Waals surface area contributed by atoms with Crippen molar-refractivity contribution in [3.8, 4) is 0 Å². The molecule has 2 aliphatic rings. The molecule has 1 amide bonds. The minimum absolute atomic E-state index is 0.0101. The van der Waals surface area contributed by atoms with Crippen molar-refractivity contribution in [2.75, 3.05) is 38.2 Å². The number of hydrogen-bond acceptors (Lipinski definition) is 5. The van der Waals surface area contributed by atoms with E-state index in [4.69, 9.17) is 4.74 Å². The molecule has 2 aromatic carbocycles. The number of carbonyl (C=O) groups is 1. The van der Waals surface area contributed by atoms with Crippen LogP contribution in [-0.4, -0.2) is 69.0 Å². The lowest BCUT2D eigenvalue weighted by molar-refractivity contribution is -0.141. The number of hydrogen-bond donors (Lipinski definition) is 0. The van der Waals surface area contributed by atoms with Crippen molar-refractivity contribution in [1.82, 2.24) is 9.21 Å². The molecule has 0 radical (unpaired) electrons. The molecule has 0 aromatic heterocycles. The van der Waals surface area contributed by atoms with E-state index in [1.54, 1.807) is 17.9 Å². The van der Waals surface area contributed by atoms with E-state index in [0.717, 1.165) is 17.7 Å². The van der Waals surface area contributed by atoms with Crippen LogP contribution in [0.1, 0.15) is 43.1 Å². The molecular weight excluding hydrogens is 469 g/mol. The Bertz CT molecular complexity index is 1140. The molecule has 3 atom stereocenters. The first kappa shape index (κ1) is 25.6. The van der Waals surface area contributed by atoms with Crippen LogP contribution >= 0.6 is 0 Å². The number of benzene rings is 2. The maximum Gasteiger partial charge on any atom is 0.251 e. The number of methoxy groups -OCH3 is 1. The molecule has 0 bridgehead atoms. The van der Waals surface area contributed by atoms with Crippen LogP contribution in [0.15, 0.2) is 48.5 Å². The SMILES string of the molecule is CO[C@@H](C)C(=O)N1CCN(c2ccc(CN3[C@@H](C)CCC(c4ccccc4)S3(=O)=O)c(F)c2)CC1. The first-order valence-electron chi connectivity index (χ1n) is 12.1. The summed E-state index contributed by atoms with van der Waals surface area (Å²) < 4.78 is 48.7. The molecule has 0 saturated carbocycles. The summed E-state index contributed by atoms with van der Waals surface area (Å²) in [7, 11) is -2.11. The van der Waals surface area contributed by atoms with E-state index in [1.807, 2.05) is 48.2 Å². The van der Waals surface area contributed by atoms with Crippen LogP contribution in [0.3, 0.4) is 0 Å². The van der Waals surface area contributed by atoms with Gasteiger partial charge in [0.1, 0.15) is 17.2 Å². The van der Waals surface area contributed by atoms with Gasteiger partial charge in [-0.2, -0.15) is 4.31 Å². The molecule has 35 heavy (non-hydrogen) atoms. The Morgan fingerprint density at radius 1 is 1.09 bits per heavy atom. The second kappa shape index (κ2) is 10.6. The van der Waals surface area contributed by atoms with Crippen molar-refractivity contribution in [2.24, 2.45) is 0 Å². The standard InChI is InChI=1S/C26H34FN3O4S/c1-19-9-12-25(21-7-5-4-6-8-21)35(32,33)30(19)18-22-10-11-23(17-24(22)27)28-13-15-29(16-14-28)26(31)20(2)34-3/h4-8,10-11,17,19-20,25H,9,12-16,18H2,1-3H3/t19-,20-,25?/m0/s1. The van der Waals surface area contributed by atoms with Crippen molar-refractivity contribution < 1.29 is 22.3 Å². The smallest absolute Gasteiger partial charge is 0.251 e. The average Bonchev–Trinajstić information content (AvgIpc) is 2.86. The molecule has 4 rings (SSSR count). The van der Waals surface area contributed by atoms with Gasteiger partial charge in [0.15, 0.2) is 0 Å². The minimum Gasteiger partial charge on any atom is -0.372 e. The third-order valence-corrected chi connectivity index (χ3v) is 9.59. The molecule has 2 aromatic rings. The zero-order valence-corrected chi connectivity index (χ0v) is 21.4. The van der Waals surface area contributed by atoms with Gasteiger partial charge < -0.3 is 14.5 Å². The maximum absolute atomic E-state index is 15.2. The van der Waals surface area contributed by atoms with Crippen LogP contribution < -0.4 is 4.90 Å². The highest BCUT2D eigenvalue weighted by Crippen LogP contribution is 2.38. The lowest BCUT2D eigenvalue weighted by Crippen LogP contribution is -2.51. The Kier molecular flexibility index (Phi) is 7.78. The second-order valence-corrected chi connectivity index (χ2v) is 11.4. The Labute approximate surface area is 207 Å². The molecular formula is C26H34FN3O4S. The Morgan fingerprint density at radius 2 is 1.77 bits per heavy atom. The predicted octanol–water partition coefficient (Wildman–Crippen LogP) is 3.56. The fraction of sp³-hybridized carbons (Fsp3) is 0.500. The van der Waals surface area contributed by atoms with Gasteiger partial charge in [0.05, 0.1) is 0 Å². The summed E-state index contributed by atoms with van der Waals surface area (Å²) in [6, 6.07) is 14.0. The Morgan fingerprint density at radius 3 is 2.40 bits per heavy atom. The van der Waals surface area contributed by atoms with E-state index in [0.29, 0.717) is 38.2 Å². The van der Waals surface area contributed by atoms with E-state index >= 15 is 4.39 Å². The molecule has 2 aliphatic heterocycles. The van der Waals surface area contributed by atoms with E-state index < -0.39 is 27.2 Å². The highest BCUT2D eigenvalue weighted by molar-refractivity contribution is 7.89. The summed E-state index contributed by atoms with van der Waals surface area (Å²) >= 11 is 0. The topological polar surface area (TPSA) is 70.2 Å². The zero-order valence-electron chi connectivity index (χ0n) is 20.6. The summed E-state index contributed by atoms with van der Waals surface area (Å²) in [6.45, 7) is 5.90. The molecule has 0 spiro atoms. The number of halogens is 1. The van der Waals surface area contributed by atoms with Crippen LogP contribution in [-0.2, 0) is 26.1 Å². The van der Waals surface area contributed by atoms with E-state index in [9.17, 15) is 13.2 Å². The van der Waals surface area contributed by atoms with Crippen LogP contribution in [0.25, 0.3) is 0 Å². The van der Waals surface area contributed by atoms with Crippen LogP contribution in [0.2, 0.25) is 0 Å². The number of rotatable bonds is 6. The third-order valence-electron chi connectivity index (χ3n) is 7.22. The molecule has 1 unspecified atom stereocenters. The molecule has 2 heterocycles. The van der Waals surface area contributed by atoms with Gasteiger partial charge >= 0.3 is 0 Å². The first-order chi connectivity index (χ1) is 16.7. The van der Waals surface area contributed by atoms with Crippen molar-refractivity contribution in [3.05, 3.63) is 65.5 Å². The number of nitrogens with zero attached hydrogens (tertiary/aromatic N) is 3. The quantitative estimate of drug-likeness (QED) is 0.603. The van der Waals surface area contributed by atoms with Crippen LogP contribution in [0.5, 0.6) is 0 Å². The van der Waals surface area contributed by atoms with Gasteiger partial charge in [0.2, 0.25) is 10.0 Å². The summed E-state index contributed by atoms with van der Waals surface area (Å²) in [5, 5.41) is -0.609. The van der Waals surface area contributed by atoms with Gasteiger partial charge in [0, 0.05) is 57.1 Å². The third kappa shape index (κ3) is 5.37. The van der Waals surface area contributed by atoms with Crippen molar-refractivity contribution >= 4 is 21.6 Å². The lowest BCUT2D eigenvalue weighted by atomic mass is 10.0. The first-order valence-corrected chi connectivity index (χ1v) is 13.6. The van der Waals surface area contributed by atoms with Crippen LogP contribution in [0, 0.1) is 5.82 Å². The molecule has 2 fully saturated rings. The summed E-state index contributed by atoms with van der Waals surface area (Å²) in [5.41, 5.74) is 1.87. The van der Waals surface area contributed by atoms with Crippen LogP contribution in [0.4, 0.5) is 10.1 Å². The largest absolute Gasteiger partial charge is 0.372 e. The number of amides is 1. The molecule has 7 nitrogen and oxygen atoms in total. The molecule has 0 aliphatic carbocycles. The fourth-order valence-electron chi connectivity index (χ4n) is 4.92. The van der Waals surface area contributed by atoms with Gasteiger partial charge in [-0.15, -0.1) is 0 Å². The summed E-state index contributed by atoms with van der Waals surface area (Å²) in [4.78, 5) is 16.1. The number of ether oxygens (including phenoxy) is 1. The van der Waals surface area contributed by atoms with E-state index in [1.165, 1.54) is 17.5 Å². The molecule has 190 valence electrons. The van der Waals surface area contributed by atoms with E-state index in [2.05, 4.69) is 0 Å². The lowest BCUT2D eigenvalue weighted by Gasteiger charge is -2.38. The number of carbonyl (C=O) groups excluding carboxylic acids is 1. The van der Waals surface area contributed by atoms with Crippen molar-refractivity contribution in [1.29, 1.82) is 0 Å².